The van der Waals surface area contributed by atoms with Crippen LogP contribution in [-0.2, 0) is 21.3 Å². The molecule has 7 heteroatoms. The van der Waals surface area contributed by atoms with E-state index in [-0.39, 0.29) is 17.0 Å². The summed E-state index contributed by atoms with van der Waals surface area (Å²) in [5.74, 6) is 0. The van der Waals surface area contributed by atoms with E-state index >= 15 is 0 Å². The summed E-state index contributed by atoms with van der Waals surface area (Å²) in [5, 5.41) is 2.97. The van der Waals surface area contributed by atoms with Crippen molar-refractivity contribution < 1.29 is 13.2 Å². The van der Waals surface area contributed by atoms with Gasteiger partial charge < -0.3 is 15.0 Å². The van der Waals surface area contributed by atoms with E-state index in [0.29, 0.717) is 19.6 Å². The smallest absolute Gasteiger partial charge is 0.242 e. The van der Waals surface area contributed by atoms with E-state index in [4.69, 9.17) is 4.74 Å². The quantitative estimate of drug-likeness (QED) is 0.740. The second kappa shape index (κ2) is 6.04. The molecule has 2 atom stereocenters. The monoisotopic (exact) mass is 287 g/mol. The number of sulfonamides is 1. The van der Waals surface area contributed by atoms with Gasteiger partial charge in [-0.05, 0) is 32.9 Å². The third-order valence-electron chi connectivity index (χ3n) is 3.20. The maximum absolute atomic E-state index is 12.2. The Labute approximate surface area is 114 Å². The number of hydrogen-bond donors (Lipinski definition) is 3. The Morgan fingerprint density at radius 1 is 1.53 bits per heavy atom. The van der Waals surface area contributed by atoms with Crippen LogP contribution in [0.1, 0.15) is 25.5 Å². The van der Waals surface area contributed by atoms with Crippen molar-refractivity contribution in [2.45, 2.75) is 43.4 Å². The van der Waals surface area contributed by atoms with Crippen molar-refractivity contribution in [3.05, 3.63) is 18.0 Å². The molecule has 2 rings (SSSR count). The van der Waals surface area contributed by atoms with Crippen molar-refractivity contribution in [3.63, 3.8) is 0 Å². The number of ether oxygens (including phenoxy) is 1. The molecule has 2 heterocycles. The van der Waals surface area contributed by atoms with Gasteiger partial charge in [-0.3, -0.25) is 0 Å². The number of aromatic nitrogens is 1. The topological polar surface area (TPSA) is 83.2 Å². The highest BCUT2D eigenvalue weighted by molar-refractivity contribution is 7.89. The van der Waals surface area contributed by atoms with Gasteiger partial charge in [-0.2, -0.15) is 0 Å². The number of nitrogens with one attached hydrogen (secondary N) is 3. The minimum absolute atomic E-state index is 0.0450. The third kappa shape index (κ3) is 3.79. The van der Waals surface area contributed by atoms with Crippen LogP contribution in [0.3, 0.4) is 0 Å². The van der Waals surface area contributed by atoms with Crippen LogP contribution in [0.5, 0.6) is 0 Å². The van der Waals surface area contributed by atoms with Crippen LogP contribution in [0, 0.1) is 0 Å². The van der Waals surface area contributed by atoms with Crippen LogP contribution >= 0.6 is 0 Å². The molecule has 0 spiro atoms. The molecule has 0 aliphatic carbocycles. The molecule has 0 amide bonds. The lowest BCUT2D eigenvalue weighted by Crippen LogP contribution is -2.41. The lowest BCUT2D eigenvalue weighted by molar-refractivity contribution is 0.0173. The van der Waals surface area contributed by atoms with Gasteiger partial charge in [-0.15, -0.1) is 0 Å². The Hall–Kier alpha value is -0.890. The van der Waals surface area contributed by atoms with Crippen molar-refractivity contribution in [2.24, 2.45) is 0 Å². The van der Waals surface area contributed by atoms with E-state index < -0.39 is 10.0 Å². The van der Waals surface area contributed by atoms with E-state index in [2.05, 4.69) is 15.0 Å². The second-order valence-corrected chi connectivity index (χ2v) is 6.63. The zero-order valence-corrected chi connectivity index (χ0v) is 12.1. The standard InChI is InChI=1S/C12H21N3O3S/c1-9-5-10(3-4-18-9)15-19(16,17)12-6-11(7-13-2)14-8-12/h6,8-10,13-15H,3-5,7H2,1-2H3. The predicted octanol–water partition coefficient (Wildman–Crippen LogP) is 0.580. The molecular formula is C12H21N3O3S. The van der Waals surface area contributed by atoms with Crippen LogP contribution in [0.15, 0.2) is 17.2 Å². The van der Waals surface area contributed by atoms with Crippen molar-refractivity contribution in [3.8, 4) is 0 Å². The van der Waals surface area contributed by atoms with Crippen LogP contribution < -0.4 is 10.0 Å². The Morgan fingerprint density at radius 2 is 2.32 bits per heavy atom. The molecule has 0 radical (unpaired) electrons. The zero-order chi connectivity index (χ0) is 13.9. The number of rotatable bonds is 5. The minimum atomic E-state index is -3.45. The van der Waals surface area contributed by atoms with Crippen molar-refractivity contribution in [2.75, 3.05) is 13.7 Å². The highest BCUT2D eigenvalue weighted by Gasteiger charge is 2.25. The fraction of sp³-hybridized carbons (Fsp3) is 0.667. The molecule has 1 aliphatic rings. The predicted molar refractivity (Wildman–Crippen MR) is 72.3 cm³/mol. The molecule has 2 unspecified atom stereocenters. The van der Waals surface area contributed by atoms with Gasteiger partial charge in [0.05, 0.1) is 11.0 Å². The first-order valence-corrected chi connectivity index (χ1v) is 7.95. The molecule has 1 saturated heterocycles. The summed E-state index contributed by atoms with van der Waals surface area (Å²) in [6, 6.07) is 1.61. The van der Waals surface area contributed by atoms with Gasteiger partial charge in [-0.1, -0.05) is 0 Å². The first-order chi connectivity index (χ1) is 9.01. The van der Waals surface area contributed by atoms with Crippen molar-refractivity contribution in [1.82, 2.24) is 15.0 Å². The minimum Gasteiger partial charge on any atom is -0.378 e. The van der Waals surface area contributed by atoms with Gasteiger partial charge in [0, 0.05) is 31.1 Å². The highest BCUT2D eigenvalue weighted by Crippen LogP contribution is 2.17. The van der Waals surface area contributed by atoms with Crippen LogP contribution in [0.2, 0.25) is 0 Å². The summed E-state index contributed by atoms with van der Waals surface area (Å²) in [4.78, 5) is 3.24. The number of hydrogen-bond acceptors (Lipinski definition) is 4. The number of aromatic amines is 1. The van der Waals surface area contributed by atoms with Crippen LogP contribution in [-0.4, -0.2) is 39.2 Å². The molecule has 1 aromatic heterocycles. The average molecular weight is 287 g/mol. The Balaban J connectivity index is 2.04. The van der Waals surface area contributed by atoms with Gasteiger partial charge in [0.2, 0.25) is 10.0 Å². The summed E-state index contributed by atoms with van der Waals surface area (Å²) < 4.78 is 32.6. The summed E-state index contributed by atoms with van der Waals surface area (Å²) in [7, 11) is -1.63. The first kappa shape index (κ1) is 14.5. The molecule has 108 valence electrons. The maximum atomic E-state index is 12.2. The average Bonchev–Trinajstić information content (AvgIpc) is 2.78. The van der Waals surface area contributed by atoms with E-state index in [0.717, 1.165) is 12.1 Å². The van der Waals surface area contributed by atoms with Crippen LogP contribution in [0.25, 0.3) is 0 Å². The summed E-state index contributed by atoms with van der Waals surface area (Å²) in [6.45, 7) is 3.18. The fourth-order valence-corrected chi connectivity index (χ4v) is 3.56. The zero-order valence-electron chi connectivity index (χ0n) is 11.3. The molecule has 1 aliphatic heterocycles. The molecule has 0 saturated carbocycles. The molecule has 1 aromatic rings. The van der Waals surface area contributed by atoms with Gasteiger partial charge in [0.1, 0.15) is 0 Å². The van der Waals surface area contributed by atoms with E-state index in [1.54, 1.807) is 6.07 Å². The Bertz CT molecular complexity index is 512. The highest BCUT2D eigenvalue weighted by atomic mass is 32.2. The summed E-state index contributed by atoms with van der Waals surface area (Å²) in [5.41, 5.74) is 0.850. The number of H-pyrrole nitrogens is 1. The maximum Gasteiger partial charge on any atom is 0.242 e. The normalized spacial score (nSPS) is 24.5. The van der Waals surface area contributed by atoms with E-state index in [9.17, 15) is 8.42 Å². The summed E-state index contributed by atoms with van der Waals surface area (Å²) in [6.07, 6.45) is 3.06. The Morgan fingerprint density at radius 3 is 3.00 bits per heavy atom. The van der Waals surface area contributed by atoms with Gasteiger partial charge in [-0.25, -0.2) is 13.1 Å². The lowest BCUT2D eigenvalue weighted by Gasteiger charge is -2.27. The molecule has 0 bridgehead atoms. The van der Waals surface area contributed by atoms with E-state index in [1.807, 2.05) is 14.0 Å². The molecule has 3 N–H and O–H groups in total. The van der Waals surface area contributed by atoms with Crippen molar-refractivity contribution >= 4 is 10.0 Å². The van der Waals surface area contributed by atoms with Crippen molar-refractivity contribution in [1.29, 1.82) is 0 Å². The fourth-order valence-electron chi connectivity index (χ4n) is 2.26. The van der Waals surface area contributed by atoms with Gasteiger partial charge >= 0.3 is 0 Å². The van der Waals surface area contributed by atoms with Gasteiger partial charge in [0.15, 0.2) is 0 Å². The second-order valence-electron chi connectivity index (χ2n) is 4.91. The molecule has 1 fully saturated rings. The van der Waals surface area contributed by atoms with E-state index in [1.165, 1.54) is 6.20 Å². The SMILES string of the molecule is CNCc1cc(S(=O)(=O)NC2CCOC(C)C2)c[nH]1. The third-order valence-corrected chi connectivity index (χ3v) is 4.70. The van der Waals surface area contributed by atoms with Gasteiger partial charge in [0.25, 0.3) is 0 Å². The molecule has 0 aromatic carbocycles. The summed E-state index contributed by atoms with van der Waals surface area (Å²) >= 11 is 0. The molecular weight excluding hydrogens is 266 g/mol. The first-order valence-electron chi connectivity index (χ1n) is 6.47. The molecule has 19 heavy (non-hydrogen) atoms. The van der Waals surface area contributed by atoms with Crippen LogP contribution in [0.4, 0.5) is 0 Å². The molecule has 6 nitrogen and oxygen atoms in total. The largest absolute Gasteiger partial charge is 0.378 e. The Kier molecular flexibility index (Phi) is 4.62. The lowest BCUT2D eigenvalue weighted by atomic mass is 10.1.